The van der Waals surface area contributed by atoms with Crippen LogP contribution in [0.25, 0.3) is 10.2 Å². The van der Waals surface area contributed by atoms with Gasteiger partial charge in [0.1, 0.15) is 23.5 Å². The first-order valence-electron chi connectivity index (χ1n) is 6.35. The first-order chi connectivity index (χ1) is 9.16. The minimum atomic E-state index is -0.849. The largest absolute Gasteiger partial charge is 0.480 e. The highest BCUT2D eigenvalue weighted by Crippen LogP contribution is 2.38. The Morgan fingerprint density at radius 3 is 3.00 bits per heavy atom. The van der Waals surface area contributed by atoms with Crippen LogP contribution in [0.3, 0.4) is 0 Å². The zero-order valence-corrected chi connectivity index (χ0v) is 11.5. The van der Waals surface area contributed by atoms with Gasteiger partial charge in [0.2, 0.25) is 0 Å². The number of aryl methyl sites for hydroxylation is 2. The van der Waals surface area contributed by atoms with Crippen LogP contribution < -0.4 is 4.90 Å². The number of anilines is 1. The molecule has 0 aliphatic heterocycles. The average Bonchev–Trinajstić information content (AvgIpc) is 2.76. The Kier molecular flexibility index (Phi) is 3.10. The van der Waals surface area contributed by atoms with Crippen LogP contribution in [0.5, 0.6) is 0 Å². The second kappa shape index (κ2) is 4.77. The number of thiophene rings is 1. The average molecular weight is 277 g/mol. The third-order valence-electron chi connectivity index (χ3n) is 3.47. The molecule has 100 valence electrons. The van der Waals surface area contributed by atoms with Crippen LogP contribution in [0.15, 0.2) is 6.33 Å². The van der Waals surface area contributed by atoms with Crippen LogP contribution in [-0.2, 0) is 17.6 Å². The fraction of sp³-hybridized carbons (Fsp3) is 0.462. The van der Waals surface area contributed by atoms with Crippen molar-refractivity contribution in [1.29, 1.82) is 0 Å². The lowest BCUT2D eigenvalue weighted by Gasteiger charge is -2.18. The second-order valence-corrected chi connectivity index (χ2v) is 5.92. The molecule has 0 saturated carbocycles. The Hall–Kier alpha value is -1.69. The number of carboxylic acids is 1. The van der Waals surface area contributed by atoms with E-state index in [9.17, 15) is 4.79 Å². The molecule has 0 bridgehead atoms. The van der Waals surface area contributed by atoms with Crippen molar-refractivity contribution in [3.05, 3.63) is 16.8 Å². The Morgan fingerprint density at radius 2 is 2.21 bits per heavy atom. The summed E-state index contributed by atoms with van der Waals surface area (Å²) in [7, 11) is 1.77. The Morgan fingerprint density at radius 1 is 1.42 bits per heavy atom. The van der Waals surface area contributed by atoms with Gasteiger partial charge in [0.25, 0.3) is 0 Å². The third kappa shape index (κ3) is 2.16. The summed E-state index contributed by atoms with van der Waals surface area (Å²) in [5.74, 6) is -0.106. The molecular weight excluding hydrogens is 262 g/mol. The molecule has 6 heteroatoms. The van der Waals surface area contributed by atoms with E-state index in [1.807, 2.05) is 0 Å². The highest BCUT2D eigenvalue weighted by atomic mass is 32.1. The summed E-state index contributed by atoms with van der Waals surface area (Å²) >= 11 is 1.72. The molecule has 0 atom stereocenters. The van der Waals surface area contributed by atoms with E-state index >= 15 is 0 Å². The van der Waals surface area contributed by atoms with Gasteiger partial charge in [-0.3, -0.25) is 4.79 Å². The number of rotatable bonds is 3. The Bertz CT molecular complexity index is 638. The lowest BCUT2D eigenvalue weighted by atomic mass is 9.97. The van der Waals surface area contributed by atoms with Crippen molar-refractivity contribution in [2.24, 2.45) is 0 Å². The first-order valence-corrected chi connectivity index (χ1v) is 7.16. The standard InChI is InChI=1S/C13H15N3O2S/c1-16(6-10(17)18)12-11-8-4-2-3-5-9(8)19-13(11)15-7-14-12/h7H,2-6H2,1H3,(H,17,18). The molecule has 2 aromatic heterocycles. The summed E-state index contributed by atoms with van der Waals surface area (Å²) in [6.07, 6.45) is 6.11. The Labute approximate surface area is 114 Å². The molecule has 5 nitrogen and oxygen atoms in total. The van der Waals surface area contributed by atoms with Gasteiger partial charge >= 0.3 is 5.97 Å². The summed E-state index contributed by atoms with van der Waals surface area (Å²) in [6, 6.07) is 0. The van der Waals surface area contributed by atoms with Gasteiger partial charge in [0.05, 0.1) is 5.39 Å². The third-order valence-corrected chi connectivity index (χ3v) is 4.67. The molecule has 1 N–H and O–H groups in total. The van der Waals surface area contributed by atoms with E-state index in [1.165, 1.54) is 29.6 Å². The zero-order chi connectivity index (χ0) is 13.4. The fourth-order valence-corrected chi connectivity index (χ4v) is 3.86. The van der Waals surface area contributed by atoms with Crippen molar-refractivity contribution >= 4 is 33.3 Å². The predicted octanol–water partition coefficient (Wildman–Crippen LogP) is 2.09. The fourth-order valence-electron chi connectivity index (χ4n) is 2.64. The molecule has 0 aromatic carbocycles. The highest BCUT2D eigenvalue weighted by molar-refractivity contribution is 7.19. The van der Waals surface area contributed by atoms with Crippen molar-refractivity contribution in [3.8, 4) is 0 Å². The van der Waals surface area contributed by atoms with Gasteiger partial charge in [-0.1, -0.05) is 0 Å². The van der Waals surface area contributed by atoms with Crippen LogP contribution in [0.4, 0.5) is 5.82 Å². The number of carboxylic acid groups (broad SMARTS) is 1. The maximum absolute atomic E-state index is 10.9. The summed E-state index contributed by atoms with van der Waals surface area (Å²) in [5, 5.41) is 9.98. The number of hydrogen-bond acceptors (Lipinski definition) is 5. The van der Waals surface area contributed by atoms with E-state index in [2.05, 4.69) is 9.97 Å². The quantitative estimate of drug-likeness (QED) is 0.930. The number of carbonyl (C=O) groups is 1. The van der Waals surface area contributed by atoms with Crippen molar-refractivity contribution < 1.29 is 9.90 Å². The van der Waals surface area contributed by atoms with E-state index < -0.39 is 5.97 Å². The Balaban J connectivity index is 2.13. The number of aromatic nitrogens is 2. The van der Waals surface area contributed by atoms with Crippen LogP contribution >= 0.6 is 11.3 Å². The molecule has 3 rings (SSSR count). The number of likely N-dealkylation sites (N-methyl/N-ethyl adjacent to an activating group) is 1. The van der Waals surface area contributed by atoms with Gasteiger partial charge < -0.3 is 10.0 Å². The van der Waals surface area contributed by atoms with E-state index in [0.29, 0.717) is 0 Å². The maximum Gasteiger partial charge on any atom is 0.323 e. The van der Waals surface area contributed by atoms with Crippen molar-refractivity contribution in [1.82, 2.24) is 9.97 Å². The number of hydrogen-bond donors (Lipinski definition) is 1. The number of aliphatic carboxylic acids is 1. The minimum absolute atomic E-state index is 0.0449. The SMILES string of the molecule is CN(CC(=O)O)c1ncnc2sc3c(c12)CCCC3. The number of fused-ring (bicyclic) bond motifs is 3. The van der Waals surface area contributed by atoms with Gasteiger partial charge in [-0.2, -0.15) is 0 Å². The topological polar surface area (TPSA) is 66.3 Å². The molecule has 0 unspecified atom stereocenters. The monoisotopic (exact) mass is 277 g/mol. The summed E-state index contributed by atoms with van der Waals surface area (Å²) in [6.45, 7) is -0.0449. The molecule has 0 spiro atoms. The molecular formula is C13H15N3O2S. The smallest absolute Gasteiger partial charge is 0.323 e. The van der Waals surface area contributed by atoms with Crippen molar-refractivity contribution in [2.75, 3.05) is 18.5 Å². The van der Waals surface area contributed by atoms with E-state index in [-0.39, 0.29) is 6.54 Å². The second-order valence-electron chi connectivity index (χ2n) is 4.84. The minimum Gasteiger partial charge on any atom is -0.480 e. The van der Waals surface area contributed by atoms with Gasteiger partial charge in [0.15, 0.2) is 0 Å². The molecule has 19 heavy (non-hydrogen) atoms. The van der Waals surface area contributed by atoms with Gasteiger partial charge in [0, 0.05) is 11.9 Å². The van der Waals surface area contributed by atoms with Crippen LogP contribution in [0, 0.1) is 0 Å². The normalized spacial score (nSPS) is 14.4. The number of nitrogens with zero attached hydrogens (tertiary/aromatic N) is 3. The lowest BCUT2D eigenvalue weighted by molar-refractivity contribution is -0.135. The summed E-state index contributed by atoms with van der Waals surface area (Å²) in [5.41, 5.74) is 1.33. The van der Waals surface area contributed by atoms with E-state index in [4.69, 9.17) is 5.11 Å². The van der Waals surface area contributed by atoms with Crippen LogP contribution in [0.2, 0.25) is 0 Å². The van der Waals surface area contributed by atoms with Gasteiger partial charge in [-0.05, 0) is 31.2 Å². The summed E-state index contributed by atoms with van der Waals surface area (Å²) < 4.78 is 0. The zero-order valence-electron chi connectivity index (χ0n) is 10.7. The molecule has 1 aliphatic rings. The molecule has 1 aliphatic carbocycles. The first kappa shape index (κ1) is 12.3. The predicted molar refractivity (Wildman–Crippen MR) is 75.0 cm³/mol. The highest BCUT2D eigenvalue weighted by Gasteiger charge is 2.21. The molecule has 2 heterocycles. The molecule has 2 aromatic rings. The maximum atomic E-state index is 10.9. The molecule has 0 saturated heterocycles. The molecule has 0 fully saturated rings. The molecule has 0 radical (unpaired) electrons. The van der Waals surface area contributed by atoms with E-state index in [1.54, 1.807) is 23.3 Å². The van der Waals surface area contributed by atoms with Crippen LogP contribution in [-0.4, -0.2) is 34.6 Å². The van der Waals surface area contributed by atoms with E-state index in [0.717, 1.165) is 28.9 Å². The van der Waals surface area contributed by atoms with Gasteiger partial charge in [-0.25, -0.2) is 9.97 Å². The lowest BCUT2D eigenvalue weighted by Crippen LogP contribution is -2.26. The van der Waals surface area contributed by atoms with Gasteiger partial charge in [-0.15, -0.1) is 11.3 Å². The van der Waals surface area contributed by atoms with Crippen molar-refractivity contribution in [3.63, 3.8) is 0 Å². The van der Waals surface area contributed by atoms with Crippen molar-refractivity contribution in [2.45, 2.75) is 25.7 Å². The molecule has 0 amide bonds. The summed E-state index contributed by atoms with van der Waals surface area (Å²) in [4.78, 5) is 23.6. The van der Waals surface area contributed by atoms with Crippen LogP contribution in [0.1, 0.15) is 23.3 Å².